The van der Waals surface area contributed by atoms with Gasteiger partial charge >= 0.3 is 0 Å². The molecular weight excluding hydrogens is 236 g/mol. The van der Waals surface area contributed by atoms with Gasteiger partial charge in [0.1, 0.15) is 17.4 Å². The molecule has 92 valence electrons. The van der Waals surface area contributed by atoms with Crippen LogP contribution in [0.5, 0.6) is 0 Å². The Bertz CT molecular complexity index is 535. The lowest BCUT2D eigenvalue weighted by Crippen LogP contribution is -2.09. The summed E-state index contributed by atoms with van der Waals surface area (Å²) in [5.74, 6) is -1.60. The van der Waals surface area contributed by atoms with Crippen LogP contribution in [0, 0.1) is 11.6 Å². The molecule has 2 rings (SSSR count). The summed E-state index contributed by atoms with van der Waals surface area (Å²) in [6.45, 7) is 0. The number of hydrogen-bond donors (Lipinski definition) is 0. The largest absolute Gasteiger partial charge is 0.299 e. The minimum atomic E-state index is -0.682. The second-order valence-corrected chi connectivity index (χ2v) is 3.95. The maximum Gasteiger partial charge on any atom is 0.141 e. The van der Waals surface area contributed by atoms with Gasteiger partial charge in [0.2, 0.25) is 0 Å². The van der Waals surface area contributed by atoms with E-state index in [1.807, 2.05) is 0 Å². The van der Waals surface area contributed by atoms with Crippen molar-refractivity contribution in [3.63, 3.8) is 0 Å². The van der Waals surface area contributed by atoms with Crippen molar-refractivity contribution in [2.45, 2.75) is 12.8 Å². The molecule has 1 heterocycles. The van der Waals surface area contributed by atoms with Crippen molar-refractivity contribution < 1.29 is 13.6 Å². The summed E-state index contributed by atoms with van der Waals surface area (Å²) >= 11 is 0. The van der Waals surface area contributed by atoms with Gasteiger partial charge in [-0.15, -0.1) is 0 Å². The van der Waals surface area contributed by atoms with Gasteiger partial charge in [0.15, 0.2) is 0 Å². The van der Waals surface area contributed by atoms with E-state index in [1.54, 1.807) is 24.5 Å². The van der Waals surface area contributed by atoms with Crippen LogP contribution < -0.4 is 0 Å². The molecular formula is C14H11F2NO. The lowest BCUT2D eigenvalue weighted by molar-refractivity contribution is -0.117. The Balaban J connectivity index is 2.08. The average molecular weight is 247 g/mol. The monoisotopic (exact) mass is 247 g/mol. The molecule has 0 atom stereocenters. The highest BCUT2D eigenvalue weighted by Gasteiger charge is 2.13. The third-order valence-electron chi connectivity index (χ3n) is 2.59. The zero-order chi connectivity index (χ0) is 13.0. The minimum Gasteiger partial charge on any atom is -0.299 e. The molecule has 0 amide bonds. The highest BCUT2D eigenvalue weighted by molar-refractivity contribution is 5.83. The topological polar surface area (TPSA) is 30.0 Å². The number of Topliss-reactive ketones (excluding diaryl/α,β-unsaturated/α-hetero) is 1. The van der Waals surface area contributed by atoms with Gasteiger partial charge in [0, 0.05) is 30.8 Å². The standard InChI is InChI=1S/C14H11F2NO/c15-13-2-1-3-14(16)12(13)9-11(18)8-10-4-6-17-7-5-10/h1-7H,8-9H2. The lowest BCUT2D eigenvalue weighted by Gasteiger charge is -2.04. The van der Waals surface area contributed by atoms with Crippen molar-refractivity contribution in [1.29, 1.82) is 0 Å². The minimum absolute atomic E-state index is 0.149. The highest BCUT2D eigenvalue weighted by atomic mass is 19.1. The highest BCUT2D eigenvalue weighted by Crippen LogP contribution is 2.14. The fourth-order valence-electron chi connectivity index (χ4n) is 1.69. The summed E-state index contributed by atoms with van der Waals surface area (Å²) in [6, 6.07) is 6.99. The lowest BCUT2D eigenvalue weighted by atomic mass is 10.0. The van der Waals surface area contributed by atoms with E-state index in [1.165, 1.54) is 6.07 Å². The third kappa shape index (κ3) is 2.97. The van der Waals surface area contributed by atoms with Gasteiger partial charge in [-0.3, -0.25) is 9.78 Å². The summed E-state index contributed by atoms with van der Waals surface area (Å²) in [4.78, 5) is 15.6. The second-order valence-electron chi connectivity index (χ2n) is 3.95. The van der Waals surface area contributed by atoms with Gasteiger partial charge in [-0.05, 0) is 29.8 Å². The number of pyridine rings is 1. The van der Waals surface area contributed by atoms with Crippen LogP contribution in [-0.4, -0.2) is 10.8 Å². The first-order valence-corrected chi connectivity index (χ1v) is 5.50. The van der Waals surface area contributed by atoms with Gasteiger partial charge in [-0.2, -0.15) is 0 Å². The zero-order valence-electron chi connectivity index (χ0n) is 9.57. The predicted octanol–water partition coefficient (Wildman–Crippen LogP) is 2.71. The Hall–Kier alpha value is -2.10. The smallest absolute Gasteiger partial charge is 0.141 e. The molecule has 0 radical (unpaired) electrons. The van der Waals surface area contributed by atoms with Crippen LogP contribution in [0.3, 0.4) is 0 Å². The summed E-state index contributed by atoms with van der Waals surface area (Å²) < 4.78 is 26.7. The number of hydrogen-bond acceptors (Lipinski definition) is 2. The molecule has 1 aromatic carbocycles. The molecule has 2 nitrogen and oxygen atoms in total. The van der Waals surface area contributed by atoms with E-state index < -0.39 is 11.6 Å². The zero-order valence-corrected chi connectivity index (χ0v) is 9.57. The van der Waals surface area contributed by atoms with Crippen molar-refractivity contribution in [2.24, 2.45) is 0 Å². The molecule has 4 heteroatoms. The Labute approximate surface area is 103 Å². The van der Waals surface area contributed by atoms with Gasteiger partial charge in [-0.1, -0.05) is 6.07 Å². The number of carbonyl (C=O) groups is 1. The van der Waals surface area contributed by atoms with Crippen LogP contribution in [0.1, 0.15) is 11.1 Å². The maximum atomic E-state index is 13.3. The molecule has 0 N–H and O–H groups in total. The van der Waals surface area contributed by atoms with E-state index in [4.69, 9.17) is 0 Å². The first-order chi connectivity index (χ1) is 8.66. The van der Waals surface area contributed by atoms with Crippen molar-refractivity contribution in [3.05, 3.63) is 65.5 Å². The van der Waals surface area contributed by atoms with Gasteiger partial charge < -0.3 is 0 Å². The summed E-state index contributed by atoms with van der Waals surface area (Å²) in [5.41, 5.74) is 0.614. The third-order valence-corrected chi connectivity index (χ3v) is 2.59. The van der Waals surface area contributed by atoms with Crippen LogP contribution in [-0.2, 0) is 17.6 Å². The van der Waals surface area contributed by atoms with Gasteiger partial charge in [-0.25, -0.2) is 8.78 Å². The molecule has 1 aromatic heterocycles. The van der Waals surface area contributed by atoms with Crippen LogP contribution in [0.15, 0.2) is 42.7 Å². The van der Waals surface area contributed by atoms with E-state index in [0.717, 1.165) is 17.7 Å². The van der Waals surface area contributed by atoms with Gasteiger partial charge in [0.05, 0.1) is 0 Å². The number of aromatic nitrogens is 1. The molecule has 0 fully saturated rings. The van der Waals surface area contributed by atoms with E-state index in [9.17, 15) is 13.6 Å². The number of nitrogens with zero attached hydrogens (tertiary/aromatic N) is 1. The van der Waals surface area contributed by atoms with Crippen molar-refractivity contribution in [2.75, 3.05) is 0 Å². The summed E-state index contributed by atoms with van der Waals surface area (Å²) in [7, 11) is 0. The van der Waals surface area contributed by atoms with E-state index in [-0.39, 0.29) is 24.2 Å². The Morgan fingerprint density at radius 3 is 2.22 bits per heavy atom. The molecule has 0 unspecified atom stereocenters. The number of benzene rings is 1. The fourth-order valence-corrected chi connectivity index (χ4v) is 1.69. The van der Waals surface area contributed by atoms with Crippen molar-refractivity contribution >= 4 is 5.78 Å². The number of carbonyl (C=O) groups excluding carboxylic acids is 1. The molecule has 0 saturated carbocycles. The van der Waals surface area contributed by atoms with E-state index >= 15 is 0 Å². The average Bonchev–Trinajstić information content (AvgIpc) is 2.35. The first kappa shape index (κ1) is 12.4. The fraction of sp³-hybridized carbons (Fsp3) is 0.143. The molecule has 0 aliphatic heterocycles. The van der Waals surface area contributed by atoms with Crippen molar-refractivity contribution in [3.8, 4) is 0 Å². The van der Waals surface area contributed by atoms with E-state index in [0.29, 0.717) is 0 Å². The molecule has 0 saturated heterocycles. The van der Waals surface area contributed by atoms with Gasteiger partial charge in [0.25, 0.3) is 0 Å². The molecule has 18 heavy (non-hydrogen) atoms. The predicted molar refractivity (Wildman–Crippen MR) is 63.0 cm³/mol. The Kier molecular flexibility index (Phi) is 3.77. The SMILES string of the molecule is O=C(Cc1ccncc1)Cc1c(F)cccc1F. The van der Waals surface area contributed by atoms with Crippen LogP contribution >= 0.6 is 0 Å². The molecule has 2 aromatic rings. The number of halogens is 2. The summed E-state index contributed by atoms with van der Waals surface area (Å²) in [5, 5.41) is 0. The van der Waals surface area contributed by atoms with Crippen LogP contribution in [0.2, 0.25) is 0 Å². The van der Waals surface area contributed by atoms with Crippen molar-refractivity contribution in [1.82, 2.24) is 4.98 Å². The number of rotatable bonds is 4. The summed E-state index contributed by atoms with van der Waals surface area (Å²) in [6.07, 6.45) is 3.07. The Morgan fingerprint density at radius 2 is 1.61 bits per heavy atom. The molecule has 0 bridgehead atoms. The molecule has 0 aliphatic rings. The second kappa shape index (κ2) is 5.49. The first-order valence-electron chi connectivity index (χ1n) is 5.50. The quantitative estimate of drug-likeness (QED) is 0.831. The molecule has 0 spiro atoms. The maximum absolute atomic E-state index is 13.3. The number of ketones is 1. The van der Waals surface area contributed by atoms with Crippen LogP contribution in [0.4, 0.5) is 8.78 Å². The van der Waals surface area contributed by atoms with Crippen LogP contribution in [0.25, 0.3) is 0 Å². The normalized spacial score (nSPS) is 10.3. The molecule has 0 aliphatic carbocycles. The Morgan fingerprint density at radius 1 is 1.00 bits per heavy atom. The van der Waals surface area contributed by atoms with E-state index in [2.05, 4.69) is 4.98 Å².